The van der Waals surface area contributed by atoms with Crippen LogP contribution in [0.5, 0.6) is 0 Å². The summed E-state index contributed by atoms with van der Waals surface area (Å²) in [6, 6.07) is 52.9. The number of pyridine rings is 2. The number of hydrogen-bond donors (Lipinski definition) is 0. The Morgan fingerprint density at radius 3 is 2.04 bits per heavy atom. The van der Waals surface area contributed by atoms with Crippen LogP contribution in [-0.2, 0) is 0 Å². The van der Waals surface area contributed by atoms with Gasteiger partial charge in [0.05, 0.1) is 27.8 Å². The molecule has 0 radical (unpaired) electrons. The highest BCUT2D eigenvalue weighted by molar-refractivity contribution is 6.20. The van der Waals surface area contributed by atoms with Crippen molar-refractivity contribution in [1.29, 1.82) is 0 Å². The maximum Gasteiger partial charge on any atom is 0.145 e. The Hall–Kier alpha value is -6.13. The van der Waals surface area contributed by atoms with Gasteiger partial charge in [0.2, 0.25) is 0 Å². The second kappa shape index (κ2) is 10.2. The SMILES string of the molecule is c1ccc(-c2nc3c4c(-c5ccc(-c6cccc7cccnc67)cc5)nc5ccccc5c4ccc3n2-c2ccccc2)cc1. The minimum atomic E-state index is 0.905. The molecule has 0 atom stereocenters. The molecule has 45 heavy (non-hydrogen) atoms. The molecule has 0 spiro atoms. The quantitative estimate of drug-likeness (QED) is 0.196. The van der Waals surface area contributed by atoms with E-state index in [2.05, 4.69) is 143 Å². The molecule has 0 bridgehead atoms. The van der Waals surface area contributed by atoms with Crippen molar-refractivity contribution >= 4 is 43.6 Å². The van der Waals surface area contributed by atoms with E-state index >= 15 is 0 Å². The van der Waals surface area contributed by atoms with Gasteiger partial charge < -0.3 is 0 Å². The standard InChI is InChI=1S/C41H26N4/c1-3-11-30(12-4-1)41-44-40-36(45(41)31-15-5-2-6-16-31)25-24-34-33-17-7-8-19-35(33)43-39(37(34)40)29-22-20-27(21-23-29)32-18-9-13-28-14-10-26-42-38(28)32/h1-26H. The first-order chi connectivity index (χ1) is 22.3. The lowest BCUT2D eigenvalue weighted by Crippen LogP contribution is -1.97. The maximum absolute atomic E-state index is 5.39. The van der Waals surface area contributed by atoms with Gasteiger partial charge in [-0.25, -0.2) is 9.97 Å². The van der Waals surface area contributed by atoms with E-state index in [1.165, 1.54) is 0 Å². The highest BCUT2D eigenvalue weighted by Gasteiger charge is 2.20. The van der Waals surface area contributed by atoms with E-state index in [1.54, 1.807) is 0 Å². The smallest absolute Gasteiger partial charge is 0.145 e. The summed E-state index contributed by atoms with van der Waals surface area (Å²) in [6.07, 6.45) is 1.86. The monoisotopic (exact) mass is 574 g/mol. The van der Waals surface area contributed by atoms with Crippen LogP contribution in [0, 0.1) is 0 Å². The Morgan fingerprint density at radius 1 is 0.467 bits per heavy atom. The van der Waals surface area contributed by atoms with Crippen molar-refractivity contribution in [2.75, 3.05) is 0 Å². The van der Waals surface area contributed by atoms with Gasteiger partial charge in [0, 0.05) is 44.7 Å². The van der Waals surface area contributed by atoms with Crippen molar-refractivity contribution in [2.24, 2.45) is 0 Å². The van der Waals surface area contributed by atoms with Crippen LogP contribution < -0.4 is 0 Å². The predicted octanol–water partition coefficient (Wildman–Crippen LogP) is 10.3. The first-order valence-corrected chi connectivity index (χ1v) is 15.1. The van der Waals surface area contributed by atoms with Crippen molar-refractivity contribution in [3.63, 3.8) is 0 Å². The zero-order valence-electron chi connectivity index (χ0n) is 24.3. The highest BCUT2D eigenvalue weighted by atomic mass is 15.1. The topological polar surface area (TPSA) is 43.6 Å². The summed E-state index contributed by atoms with van der Waals surface area (Å²) >= 11 is 0. The lowest BCUT2D eigenvalue weighted by atomic mass is 9.96. The number of rotatable bonds is 4. The Morgan fingerprint density at radius 2 is 1.20 bits per heavy atom. The molecule has 0 N–H and O–H groups in total. The molecule has 3 heterocycles. The normalized spacial score (nSPS) is 11.6. The third kappa shape index (κ3) is 4.11. The van der Waals surface area contributed by atoms with Gasteiger partial charge in [0.15, 0.2) is 0 Å². The number of hydrogen-bond acceptors (Lipinski definition) is 3. The average molecular weight is 575 g/mol. The molecule has 0 aliphatic heterocycles. The number of imidazole rings is 1. The summed E-state index contributed by atoms with van der Waals surface area (Å²) in [6.45, 7) is 0. The van der Waals surface area contributed by atoms with Crippen LogP contribution in [0.4, 0.5) is 0 Å². The van der Waals surface area contributed by atoms with Crippen LogP contribution in [0.1, 0.15) is 0 Å². The van der Waals surface area contributed by atoms with Crippen molar-refractivity contribution in [1.82, 2.24) is 19.5 Å². The van der Waals surface area contributed by atoms with Gasteiger partial charge in [-0.15, -0.1) is 0 Å². The largest absolute Gasteiger partial charge is 0.292 e. The minimum absolute atomic E-state index is 0.905. The first-order valence-electron chi connectivity index (χ1n) is 15.1. The molecule has 0 fully saturated rings. The van der Waals surface area contributed by atoms with Gasteiger partial charge in [0.1, 0.15) is 5.82 Å². The van der Waals surface area contributed by atoms with Gasteiger partial charge in [-0.05, 0) is 41.3 Å². The van der Waals surface area contributed by atoms with E-state index in [1.807, 2.05) is 24.4 Å². The van der Waals surface area contributed by atoms with Gasteiger partial charge in [-0.2, -0.15) is 0 Å². The molecular weight excluding hydrogens is 548 g/mol. The molecule has 6 aromatic carbocycles. The Balaban J connectivity index is 1.33. The molecule has 0 unspecified atom stereocenters. The second-order valence-electron chi connectivity index (χ2n) is 11.3. The lowest BCUT2D eigenvalue weighted by Gasteiger charge is -2.13. The number of fused-ring (bicyclic) bond motifs is 6. The van der Waals surface area contributed by atoms with Gasteiger partial charge in [-0.1, -0.05) is 121 Å². The number of benzene rings is 6. The molecule has 3 aromatic heterocycles. The Kier molecular flexibility index (Phi) is 5.78. The van der Waals surface area contributed by atoms with E-state index in [-0.39, 0.29) is 0 Å². The predicted molar refractivity (Wildman–Crippen MR) is 185 cm³/mol. The number of aromatic nitrogens is 4. The molecule has 0 aliphatic rings. The van der Waals surface area contributed by atoms with Gasteiger partial charge >= 0.3 is 0 Å². The van der Waals surface area contributed by atoms with Gasteiger partial charge in [0.25, 0.3) is 0 Å². The molecule has 0 saturated heterocycles. The molecule has 210 valence electrons. The fraction of sp³-hybridized carbons (Fsp3) is 0. The fourth-order valence-electron chi connectivity index (χ4n) is 6.56. The summed E-state index contributed by atoms with van der Waals surface area (Å²) in [5, 5.41) is 4.44. The van der Waals surface area contributed by atoms with Crippen LogP contribution in [0.3, 0.4) is 0 Å². The highest BCUT2D eigenvalue weighted by Crippen LogP contribution is 2.40. The third-order valence-electron chi connectivity index (χ3n) is 8.64. The zero-order valence-corrected chi connectivity index (χ0v) is 24.3. The van der Waals surface area contributed by atoms with Crippen LogP contribution in [-0.4, -0.2) is 19.5 Å². The van der Waals surface area contributed by atoms with Crippen molar-refractivity contribution in [3.05, 3.63) is 158 Å². The second-order valence-corrected chi connectivity index (χ2v) is 11.3. The summed E-state index contributed by atoms with van der Waals surface area (Å²) in [7, 11) is 0. The summed E-state index contributed by atoms with van der Waals surface area (Å²) in [5.74, 6) is 0.905. The fourth-order valence-corrected chi connectivity index (χ4v) is 6.56. The van der Waals surface area contributed by atoms with Crippen molar-refractivity contribution < 1.29 is 0 Å². The lowest BCUT2D eigenvalue weighted by molar-refractivity contribution is 1.10. The summed E-state index contributed by atoms with van der Waals surface area (Å²) in [5.41, 5.74) is 10.3. The van der Waals surface area contributed by atoms with E-state index < -0.39 is 0 Å². The Bertz CT molecular complexity index is 2510. The molecular formula is C41H26N4. The van der Waals surface area contributed by atoms with Crippen LogP contribution in [0.25, 0.3) is 83.1 Å². The zero-order chi connectivity index (χ0) is 29.7. The summed E-state index contributed by atoms with van der Waals surface area (Å²) in [4.78, 5) is 15.4. The van der Waals surface area contributed by atoms with Crippen LogP contribution >= 0.6 is 0 Å². The molecule has 0 amide bonds. The number of para-hydroxylation sites is 3. The molecule has 4 nitrogen and oxygen atoms in total. The minimum Gasteiger partial charge on any atom is -0.292 e. The first kappa shape index (κ1) is 25.4. The maximum atomic E-state index is 5.39. The Labute approximate surface area is 259 Å². The molecule has 4 heteroatoms. The van der Waals surface area contributed by atoms with Crippen molar-refractivity contribution in [2.45, 2.75) is 0 Å². The van der Waals surface area contributed by atoms with E-state index in [9.17, 15) is 0 Å². The van der Waals surface area contributed by atoms with Gasteiger partial charge in [-0.3, -0.25) is 9.55 Å². The van der Waals surface area contributed by atoms with E-state index in [4.69, 9.17) is 9.97 Å². The average Bonchev–Trinajstić information content (AvgIpc) is 3.52. The van der Waals surface area contributed by atoms with Crippen LogP contribution in [0.15, 0.2) is 158 Å². The molecule has 0 saturated carbocycles. The van der Waals surface area contributed by atoms with Crippen molar-refractivity contribution in [3.8, 4) is 39.5 Å². The molecule has 9 rings (SSSR count). The number of nitrogens with zero attached hydrogens (tertiary/aromatic N) is 4. The molecule has 0 aliphatic carbocycles. The third-order valence-corrected chi connectivity index (χ3v) is 8.64. The van der Waals surface area contributed by atoms with E-state index in [0.29, 0.717) is 0 Å². The van der Waals surface area contributed by atoms with E-state index in [0.717, 1.165) is 83.1 Å². The summed E-state index contributed by atoms with van der Waals surface area (Å²) < 4.78 is 2.26. The molecule has 9 aromatic rings. The van der Waals surface area contributed by atoms with Crippen LogP contribution in [0.2, 0.25) is 0 Å².